The van der Waals surface area contributed by atoms with Crippen molar-refractivity contribution in [2.45, 2.75) is 39.2 Å². The van der Waals surface area contributed by atoms with Crippen LogP contribution in [0.25, 0.3) is 10.9 Å². The lowest BCUT2D eigenvalue weighted by molar-refractivity contribution is 0.163. The third-order valence-electron chi connectivity index (χ3n) is 4.17. The van der Waals surface area contributed by atoms with Crippen molar-refractivity contribution in [3.05, 3.63) is 35.5 Å². The molecule has 126 valence electrons. The van der Waals surface area contributed by atoms with E-state index in [-0.39, 0.29) is 12.1 Å². The average Bonchev–Trinajstić information content (AvgIpc) is 2.95. The van der Waals surface area contributed by atoms with Gasteiger partial charge in [0.1, 0.15) is 0 Å². The first-order valence-corrected chi connectivity index (χ1v) is 8.27. The molecule has 23 heavy (non-hydrogen) atoms. The Morgan fingerprint density at radius 1 is 1.39 bits per heavy atom. The summed E-state index contributed by atoms with van der Waals surface area (Å²) >= 11 is 0. The minimum atomic E-state index is -0.385. The van der Waals surface area contributed by atoms with Crippen molar-refractivity contribution in [2.24, 2.45) is 0 Å². The lowest BCUT2D eigenvalue weighted by Crippen LogP contribution is -2.39. The van der Waals surface area contributed by atoms with E-state index in [2.05, 4.69) is 35.4 Å². The van der Waals surface area contributed by atoms with Gasteiger partial charge in [-0.25, -0.2) is 4.79 Å². The van der Waals surface area contributed by atoms with E-state index in [1.54, 1.807) is 18.9 Å². The van der Waals surface area contributed by atoms with Gasteiger partial charge in [0.05, 0.1) is 6.10 Å². The fourth-order valence-corrected chi connectivity index (χ4v) is 2.70. The van der Waals surface area contributed by atoms with Crippen LogP contribution in [-0.2, 0) is 12.8 Å². The molecule has 1 aromatic carbocycles. The predicted molar refractivity (Wildman–Crippen MR) is 93.7 cm³/mol. The molecule has 0 aliphatic carbocycles. The molecule has 1 aromatic heterocycles. The fraction of sp³-hybridized carbons (Fsp3) is 0.500. The largest absolute Gasteiger partial charge is 0.393 e. The minimum Gasteiger partial charge on any atom is -0.393 e. The fourth-order valence-electron chi connectivity index (χ4n) is 2.70. The predicted octanol–water partition coefficient (Wildman–Crippen LogP) is 2.69. The lowest BCUT2D eigenvalue weighted by Gasteiger charge is -2.18. The Morgan fingerprint density at radius 3 is 2.87 bits per heavy atom. The number of aliphatic hydroxyl groups excluding tert-OH is 1. The van der Waals surface area contributed by atoms with Gasteiger partial charge in [0.25, 0.3) is 0 Å². The van der Waals surface area contributed by atoms with Gasteiger partial charge in [0.15, 0.2) is 0 Å². The van der Waals surface area contributed by atoms with Crippen LogP contribution < -0.4 is 5.32 Å². The summed E-state index contributed by atoms with van der Waals surface area (Å²) in [6.45, 7) is 5.03. The van der Waals surface area contributed by atoms with Gasteiger partial charge in [-0.05, 0) is 37.3 Å². The Hall–Kier alpha value is -2.01. The van der Waals surface area contributed by atoms with Crippen LogP contribution in [-0.4, -0.2) is 47.3 Å². The van der Waals surface area contributed by atoms with Crippen LogP contribution in [0.4, 0.5) is 4.79 Å². The molecule has 0 saturated heterocycles. The van der Waals surface area contributed by atoms with Crippen molar-refractivity contribution < 1.29 is 9.90 Å². The van der Waals surface area contributed by atoms with Crippen LogP contribution in [0.1, 0.15) is 31.4 Å². The van der Waals surface area contributed by atoms with E-state index in [1.807, 2.05) is 6.20 Å². The summed E-state index contributed by atoms with van der Waals surface area (Å²) in [5, 5.41) is 13.4. The Morgan fingerprint density at radius 2 is 2.17 bits per heavy atom. The normalized spacial score (nSPS) is 12.3. The third-order valence-corrected chi connectivity index (χ3v) is 4.17. The number of benzene rings is 1. The van der Waals surface area contributed by atoms with Gasteiger partial charge in [-0.1, -0.05) is 25.1 Å². The van der Waals surface area contributed by atoms with Crippen LogP contribution >= 0.6 is 0 Å². The van der Waals surface area contributed by atoms with Crippen LogP contribution in [0, 0.1) is 0 Å². The summed E-state index contributed by atoms with van der Waals surface area (Å²) < 4.78 is 0. The summed E-state index contributed by atoms with van der Waals surface area (Å²) in [5.41, 5.74) is 3.74. The number of carbonyl (C=O) groups is 1. The lowest BCUT2D eigenvalue weighted by atomic mass is 10.1. The molecule has 5 nitrogen and oxygen atoms in total. The standard InChI is InChI=1S/C18H27N3O2/c1-4-14-6-5-7-16-15(12-20-17(14)16)8-10-19-18(23)21(3)11-9-13(2)22/h5-7,12-13,20,22H,4,8-11H2,1-3H3,(H,19,23). The Bertz CT molecular complexity index is 649. The van der Waals surface area contributed by atoms with Crippen LogP contribution in [0.3, 0.4) is 0 Å². The van der Waals surface area contributed by atoms with Gasteiger partial charge in [-0.15, -0.1) is 0 Å². The first-order valence-electron chi connectivity index (χ1n) is 8.27. The second kappa shape index (κ2) is 8.02. The summed E-state index contributed by atoms with van der Waals surface area (Å²) in [6, 6.07) is 6.25. The molecule has 0 fully saturated rings. The van der Waals surface area contributed by atoms with Crippen LogP contribution in [0.5, 0.6) is 0 Å². The van der Waals surface area contributed by atoms with Gasteiger partial charge in [-0.2, -0.15) is 0 Å². The number of fused-ring (bicyclic) bond motifs is 1. The number of hydrogen-bond donors (Lipinski definition) is 3. The zero-order chi connectivity index (χ0) is 16.8. The number of H-pyrrole nitrogens is 1. The van der Waals surface area contributed by atoms with E-state index in [1.165, 1.54) is 22.0 Å². The van der Waals surface area contributed by atoms with E-state index < -0.39 is 0 Å². The zero-order valence-corrected chi connectivity index (χ0v) is 14.2. The van der Waals surface area contributed by atoms with E-state index in [9.17, 15) is 9.90 Å². The molecule has 0 radical (unpaired) electrons. The number of nitrogens with one attached hydrogen (secondary N) is 2. The maximum absolute atomic E-state index is 12.0. The van der Waals surface area contributed by atoms with Crippen molar-refractivity contribution in [1.82, 2.24) is 15.2 Å². The SMILES string of the molecule is CCc1cccc2c(CCNC(=O)N(C)CCC(C)O)c[nH]c12. The highest BCUT2D eigenvalue weighted by Crippen LogP contribution is 2.22. The zero-order valence-electron chi connectivity index (χ0n) is 14.2. The topological polar surface area (TPSA) is 68.4 Å². The summed E-state index contributed by atoms with van der Waals surface area (Å²) in [7, 11) is 1.75. The molecule has 0 aliphatic heterocycles. The number of nitrogens with zero attached hydrogens (tertiary/aromatic N) is 1. The van der Waals surface area contributed by atoms with Gasteiger partial charge in [0, 0.05) is 37.2 Å². The molecular formula is C18H27N3O2. The first-order chi connectivity index (χ1) is 11.0. The highest BCUT2D eigenvalue weighted by atomic mass is 16.3. The van der Waals surface area contributed by atoms with E-state index >= 15 is 0 Å². The number of aromatic nitrogens is 1. The molecule has 1 heterocycles. The Balaban J connectivity index is 1.88. The van der Waals surface area contributed by atoms with Crippen molar-refractivity contribution in [3.63, 3.8) is 0 Å². The summed E-state index contributed by atoms with van der Waals surface area (Å²) in [6.07, 6.45) is 4.04. The van der Waals surface area contributed by atoms with Gasteiger partial charge in [0.2, 0.25) is 0 Å². The molecule has 2 aromatic rings. The average molecular weight is 317 g/mol. The van der Waals surface area contributed by atoms with Gasteiger partial charge < -0.3 is 20.3 Å². The number of aryl methyl sites for hydroxylation is 1. The second-order valence-corrected chi connectivity index (χ2v) is 6.05. The molecule has 0 bridgehead atoms. The first kappa shape index (κ1) is 17.3. The number of aliphatic hydroxyl groups is 1. The number of rotatable bonds is 7. The quantitative estimate of drug-likeness (QED) is 0.735. The highest BCUT2D eigenvalue weighted by molar-refractivity contribution is 5.86. The van der Waals surface area contributed by atoms with Crippen molar-refractivity contribution in [3.8, 4) is 0 Å². The van der Waals surface area contributed by atoms with Gasteiger partial charge in [-0.3, -0.25) is 0 Å². The van der Waals surface area contributed by atoms with Crippen molar-refractivity contribution >= 4 is 16.9 Å². The highest BCUT2D eigenvalue weighted by Gasteiger charge is 2.10. The molecule has 1 atom stereocenters. The molecule has 0 aliphatic rings. The summed E-state index contributed by atoms with van der Waals surface area (Å²) in [4.78, 5) is 16.9. The van der Waals surface area contributed by atoms with E-state index in [0.717, 1.165) is 12.8 Å². The Kier molecular flexibility index (Phi) is 6.04. The van der Waals surface area contributed by atoms with Crippen LogP contribution in [0.2, 0.25) is 0 Å². The second-order valence-electron chi connectivity index (χ2n) is 6.05. The number of aromatic amines is 1. The summed E-state index contributed by atoms with van der Waals surface area (Å²) in [5.74, 6) is 0. The Labute approximate surface area is 137 Å². The number of para-hydroxylation sites is 1. The molecule has 5 heteroatoms. The molecule has 0 saturated carbocycles. The molecule has 3 N–H and O–H groups in total. The third kappa shape index (κ3) is 4.48. The number of hydrogen-bond acceptors (Lipinski definition) is 2. The van der Waals surface area contributed by atoms with E-state index in [4.69, 9.17) is 0 Å². The van der Waals surface area contributed by atoms with E-state index in [0.29, 0.717) is 19.5 Å². The van der Waals surface area contributed by atoms with Crippen molar-refractivity contribution in [2.75, 3.05) is 20.1 Å². The number of amides is 2. The molecule has 2 rings (SSSR count). The molecular weight excluding hydrogens is 290 g/mol. The smallest absolute Gasteiger partial charge is 0.317 e. The molecule has 1 unspecified atom stereocenters. The molecule has 2 amide bonds. The maximum atomic E-state index is 12.0. The number of urea groups is 1. The minimum absolute atomic E-state index is 0.0975. The number of carbonyl (C=O) groups excluding carboxylic acids is 1. The van der Waals surface area contributed by atoms with Crippen LogP contribution in [0.15, 0.2) is 24.4 Å². The maximum Gasteiger partial charge on any atom is 0.317 e. The van der Waals surface area contributed by atoms with Crippen molar-refractivity contribution in [1.29, 1.82) is 0 Å². The van der Waals surface area contributed by atoms with Gasteiger partial charge >= 0.3 is 6.03 Å². The molecule has 0 spiro atoms. The monoisotopic (exact) mass is 317 g/mol.